The van der Waals surface area contributed by atoms with Crippen molar-refractivity contribution in [1.82, 2.24) is 9.78 Å². The van der Waals surface area contributed by atoms with Crippen LogP contribution in [-0.2, 0) is 25.8 Å². The van der Waals surface area contributed by atoms with Crippen LogP contribution >= 0.6 is 11.3 Å². The molecule has 0 bridgehead atoms. The zero-order valence-electron chi connectivity index (χ0n) is 12.0. The van der Waals surface area contributed by atoms with E-state index in [4.69, 9.17) is 5.73 Å². The van der Waals surface area contributed by atoms with Crippen LogP contribution in [0, 0.1) is 0 Å². The lowest BCUT2D eigenvalue weighted by Gasteiger charge is -2.12. The number of hydrogen-bond donors (Lipinski definition) is 1. The summed E-state index contributed by atoms with van der Waals surface area (Å²) >= 11 is 1.87. The zero-order chi connectivity index (χ0) is 13.8. The lowest BCUT2D eigenvalue weighted by molar-refractivity contribution is 0.567. The van der Waals surface area contributed by atoms with Crippen molar-refractivity contribution >= 4 is 11.3 Å². The number of rotatable bonds is 6. The predicted octanol–water partition coefficient (Wildman–Crippen LogP) is 3.33. The van der Waals surface area contributed by atoms with E-state index in [-0.39, 0.29) is 6.04 Å². The Hall–Kier alpha value is -1.13. The summed E-state index contributed by atoms with van der Waals surface area (Å²) in [7, 11) is 0. The Morgan fingerprint density at radius 1 is 1.21 bits per heavy atom. The third kappa shape index (κ3) is 3.25. The summed E-state index contributed by atoms with van der Waals surface area (Å²) in [5.74, 6) is 0. The van der Waals surface area contributed by atoms with Gasteiger partial charge in [-0.2, -0.15) is 5.10 Å². The molecule has 0 saturated carbocycles. The fourth-order valence-corrected chi connectivity index (χ4v) is 3.27. The maximum atomic E-state index is 6.37. The Balaban J connectivity index is 2.14. The molecule has 0 fully saturated rings. The number of nitrogens with zero attached hydrogens (tertiary/aromatic N) is 2. The highest BCUT2D eigenvalue weighted by atomic mass is 32.1. The first-order valence-corrected chi connectivity index (χ1v) is 7.89. The molecular formula is C15H23N3S. The SMILES string of the molecule is CCc1cc(C(N)Cc2ccc(CC)s2)n(CC)n1. The summed E-state index contributed by atoms with van der Waals surface area (Å²) in [6, 6.07) is 6.61. The highest BCUT2D eigenvalue weighted by Gasteiger charge is 2.15. The molecule has 0 aliphatic carbocycles. The van der Waals surface area contributed by atoms with E-state index < -0.39 is 0 Å². The van der Waals surface area contributed by atoms with Gasteiger partial charge in [0.1, 0.15) is 0 Å². The average molecular weight is 277 g/mol. The van der Waals surface area contributed by atoms with E-state index >= 15 is 0 Å². The van der Waals surface area contributed by atoms with E-state index in [0.29, 0.717) is 0 Å². The molecule has 0 amide bonds. The van der Waals surface area contributed by atoms with Crippen LogP contribution in [0.25, 0.3) is 0 Å². The Kier molecular flexibility index (Phi) is 4.77. The number of thiophene rings is 1. The van der Waals surface area contributed by atoms with Crippen LogP contribution in [0.3, 0.4) is 0 Å². The summed E-state index contributed by atoms with van der Waals surface area (Å²) < 4.78 is 2.04. The van der Waals surface area contributed by atoms with Crippen molar-refractivity contribution in [3.8, 4) is 0 Å². The van der Waals surface area contributed by atoms with Gasteiger partial charge in [0.15, 0.2) is 0 Å². The van der Waals surface area contributed by atoms with Gasteiger partial charge in [-0.25, -0.2) is 0 Å². The summed E-state index contributed by atoms with van der Waals surface area (Å²) in [5.41, 5.74) is 8.66. The zero-order valence-corrected chi connectivity index (χ0v) is 12.8. The van der Waals surface area contributed by atoms with Crippen LogP contribution in [0.4, 0.5) is 0 Å². The van der Waals surface area contributed by atoms with Crippen molar-refractivity contribution in [3.05, 3.63) is 39.3 Å². The van der Waals surface area contributed by atoms with Crippen LogP contribution in [-0.4, -0.2) is 9.78 Å². The van der Waals surface area contributed by atoms with E-state index in [9.17, 15) is 0 Å². The predicted molar refractivity (Wildman–Crippen MR) is 81.6 cm³/mol. The molecule has 0 saturated heterocycles. The average Bonchev–Trinajstić information content (AvgIpc) is 3.04. The minimum atomic E-state index is 0.0381. The van der Waals surface area contributed by atoms with Crippen molar-refractivity contribution in [1.29, 1.82) is 0 Å². The molecule has 0 aliphatic rings. The Morgan fingerprint density at radius 3 is 2.53 bits per heavy atom. The molecule has 104 valence electrons. The number of aryl methyl sites for hydroxylation is 3. The fraction of sp³-hybridized carbons (Fsp3) is 0.533. The number of nitrogens with two attached hydrogens (primary N) is 1. The maximum Gasteiger partial charge on any atom is 0.0625 e. The summed E-state index contributed by atoms with van der Waals surface area (Å²) in [5, 5.41) is 4.57. The van der Waals surface area contributed by atoms with E-state index in [1.165, 1.54) is 9.75 Å². The highest BCUT2D eigenvalue weighted by molar-refractivity contribution is 7.11. The van der Waals surface area contributed by atoms with Gasteiger partial charge in [0.2, 0.25) is 0 Å². The minimum Gasteiger partial charge on any atom is -0.322 e. The van der Waals surface area contributed by atoms with Gasteiger partial charge in [0.25, 0.3) is 0 Å². The second-order valence-corrected chi connectivity index (χ2v) is 6.01. The van der Waals surface area contributed by atoms with Gasteiger partial charge in [-0.15, -0.1) is 11.3 Å². The highest BCUT2D eigenvalue weighted by Crippen LogP contribution is 2.23. The molecule has 0 radical (unpaired) electrons. The van der Waals surface area contributed by atoms with Crippen LogP contribution in [0.15, 0.2) is 18.2 Å². The second kappa shape index (κ2) is 6.35. The summed E-state index contributed by atoms with van der Waals surface area (Å²) in [4.78, 5) is 2.80. The van der Waals surface area contributed by atoms with Crippen molar-refractivity contribution in [2.24, 2.45) is 5.73 Å². The van der Waals surface area contributed by atoms with Gasteiger partial charge in [-0.1, -0.05) is 13.8 Å². The molecular weight excluding hydrogens is 254 g/mol. The Labute approximate surface area is 119 Å². The first kappa shape index (κ1) is 14.3. The van der Waals surface area contributed by atoms with E-state index in [0.717, 1.165) is 37.2 Å². The number of hydrogen-bond acceptors (Lipinski definition) is 3. The van der Waals surface area contributed by atoms with Crippen molar-refractivity contribution < 1.29 is 0 Å². The van der Waals surface area contributed by atoms with Gasteiger partial charge < -0.3 is 5.73 Å². The van der Waals surface area contributed by atoms with Crippen molar-refractivity contribution in [3.63, 3.8) is 0 Å². The summed E-state index contributed by atoms with van der Waals surface area (Å²) in [6.45, 7) is 7.32. The lowest BCUT2D eigenvalue weighted by atomic mass is 10.1. The second-order valence-electron chi connectivity index (χ2n) is 4.76. The first-order chi connectivity index (χ1) is 9.17. The van der Waals surface area contributed by atoms with Gasteiger partial charge in [0, 0.05) is 22.7 Å². The lowest BCUT2D eigenvalue weighted by Crippen LogP contribution is -2.17. The molecule has 19 heavy (non-hydrogen) atoms. The molecule has 2 N–H and O–H groups in total. The van der Waals surface area contributed by atoms with Gasteiger partial charge in [0.05, 0.1) is 17.4 Å². The maximum absolute atomic E-state index is 6.37. The van der Waals surface area contributed by atoms with Crippen LogP contribution in [0.1, 0.15) is 48.0 Å². The monoisotopic (exact) mass is 277 g/mol. The third-order valence-corrected chi connectivity index (χ3v) is 4.64. The third-order valence-electron chi connectivity index (χ3n) is 3.39. The molecule has 2 rings (SSSR count). The van der Waals surface area contributed by atoms with E-state index in [1.807, 2.05) is 16.0 Å². The molecule has 3 nitrogen and oxygen atoms in total. The van der Waals surface area contributed by atoms with Gasteiger partial charge >= 0.3 is 0 Å². The van der Waals surface area contributed by atoms with Gasteiger partial charge in [-0.05, 0) is 38.0 Å². The molecule has 2 heterocycles. The standard InChI is InChI=1S/C15H23N3S/c1-4-11-9-15(18(6-3)17-11)14(16)10-13-8-7-12(5-2)19-13/h7-9,14H,4-6,10,16H2,1-3H3. The molecule has 2 aromatic rings. The fourth-order valence-electron chi connectivity index (χ4n) is 2.25. The van der Waals surface area contributed by atoms with Crippen molar-refractivity contribution in [2.45, 2.75) is 52.6 Å². The van der Waals surface area contributed by atoms with Gasteiger partial charge in [-0.3, -0.25) is 4.68 Å². The van der Waals surface area contributed by atoms with E-state index in [1.54, 1.807) is 0 Å². The number of aromatic nitrogens is 2. The molecule has 0 spiro atoms. The largest absolute Gasteiger partial charge is 0.322 e. The van der Waals surface area contributed by atoms with Crippen molar-refractivity contribution in [2.75, 3.05) is 0 Å². The quantitative estimate of drug-likeness (QED) is 0.880. The molecule has 1 atom stereocenters. The molecule has 0 aromatic carbocycles. The topological polar surface area (TPSA) is 43.8 Å². The smallest absolute Gasteiger partial charge is 0.0625 e. The minimum absolute atomic E-state index is 0.0381. The molecule has 4 heteroatoms. The molecule has 0 aliphatic heterocycles. The van der Waals surface area contributed by atoms with E-state index in [2.05, 4.69) is 44.1 Å². The van der Waals surface area contributed by atoms with Crippen LogP contribution < -0.4 is 5.73 Å². The van der Waals surface area contributed by atoms with Crippen LogP contribution in [0.2, 0.25) is 0 Å². The Bertz CT molecular complexity index is 527. The summed E-state index contributed by atoms with van der Waals surface area (Å²) in [6.07, 6.45) is 2.97. The Morgan fingerprint density at radius 2 is 1.95 bits per heavy atom. The normalized spacial score (nSPS) is 12.8. The van der Waals surface area contributed by atoms with Crippen LogP contribution in [0.5, 0.6) is 0 Å². The first-order valence-electron chi connectivity index (χ1n) is 7.07. The molecule has 2 aromatic heterocycles. The molecule has 1 unspecified atom stereocenters.